The van der Waals surface area contributed by atoms with Crippen LogP contribution in [0.15, 0.2) is 53.9 Å². The number of nitrogens with one attached hydrogen (secondary N) is 1. The van der Waals surface area contributed by atoms with Gasteiger partial charge in [0.25, 0.3) is 5.91 Å². The SMILES string of the molecule is Cc1nc(-c2ccccc2NC(=O)C(C)Oc2cccc(Cl)c2)cs1. The zero-order valence-corrected chi connectivity index (χ0v) is 15.4. The Balaban J connectivity index is 1.75. The smallest absolute Gasteiger partial charge is 0.265 e. The summed E-state index contributed by atoms with van der Waals surface area (Å²) in [6.45, 7) is 3.65. The number of benzene rings is 2. The van der Waals surface area contributed by atoms with E-state index in [2.05, 4.69) is 10.3 Å². The molecule has 1 aromatic heterocycles. The molecule has 0 saturated carbocycles. The van der Waals surface area contributed by atoms with Crippen LogP contribution >= 0.6 is 22.9 Å². The number of aryl methyl sites for hydroxylation is 1. The average Bonchev–Trinajstić information content (AvgIpc) is 3.01. The largest absolute Gasteiger partial charge is 0.481 e. The van der Waals surface area contributed by atoms with Crippen molar-refractivity contribution in [2.75, 3.05) is 5.32 Å². The average molecular weight is 373 g/mol. The van der Waals surface area contributed by atoms with Crippen molar-refractivity contribution in [3.8, 4) is 17.0 Å². The summed E-state index contributed by atoms with van der Waals surface area (Å²) in [7, 11) is 0. The summed E-state index contributed by atoms with van der Waals surface area (Å²) in [5, 5.41) is 6.44. The van der Waals surface area contributed by atoms with Crippen LogP contribution in [-0.4, -0.2) is 17.0 Å². The van der Waals surface area contributed by atoms with Crippen LogP contribution in [0, 0.1) is 6.92 Å². The van der Waals surface area contributed by atoms with Crippen molar-refractivity contribution in [1.29, 1.82) is 0 Å². The van der Waals surface area contributed by atoms with Gasteiger partial charge in [-0.05, 0) is 38.1 Å². The Labute approximate surface area is 155 Å². The molecule has 0 aliphatic carbocycles. The topological polar surface area (TPSA) is 51.2 Å². The number of para-hydroxylation sites is 1. The van der Waals surface area contributed by atoms with Crippen LogP contribution in [0.3, 0.4) is 0 Å². The molecule has 25 heavy (non-hydrogen) atoms. The maximum absolute atomic E-state index is 12.5. The van der Waals surface area contributed by atoms with Gasteiger partial charge in [0, 0.05) is 16.0 Å². The second-order valence-corrected chi connectivity index (χ2v) is 7.00. The van der Waals surface area contributed by atoms with Crippen LogP contribution in [0.2, 0.25) is 5.02 Å². The summed E-state index contributed by atoms with van der Waals surface area (Å²) in [5.41, 5.74) is 2.44. The number of hydrogen-bond acceptors (Lipinski definition) is 4. The van der Waals surface area contributed by atoms with E-state index in [-0.39, 0.29) is 5.91 Å². The molecule has 0 saturated heterocycles. The summed E-state index contributed by atoms with van der Waals surface area (Å²) in [5.74, 6) is 0.318. The first kappa shape index (κ1) is 17.5. The second-order valence-electron chi connectivity index (χ2n) is 5.50. The first-order valence-corrected chi connectivity index (χ1v) is 9.03. The lowest BCUT2D eigenvalue weighted by atomic mass is 10.1. The number of carbonyl (C=O) groups is 1. The molecule has 2 aromatic carbocycles. The molecule has 0 aliphatic heterocycles. The van der Waals surface area contributed by atoms with Crippen LogP contribution < -0.4 is 10.1 Å². The van der Waals surface area contributed by atoms with E-state index < -0.39 is 6.10 Å². The van der Waals surface area contributed by atoms with Crippen molar-refractivity contribution < 1.29 is 9.53 Å². The Morgan fingerprint density at radius 2 is 2.04 bits per heavy atom. The molecule has 0 radical (unpaired) electrons. The van der Waals surface area contributed by atoms with E-state index in [1.54, 1.807) is 42.5 Å². The van der Waals surface area contributed by atoms with Gasteiger partial charge in [-0.15, -0.1) is 11.3 Å². The lowest BCUT2D eigenvalue weighted by molar-refractivity contribution is -0.122. The van der Waals surface area contributed by atoms with Crippen molar-refractivity contribution in [2.24, 2.45) is 0 Å². The molecule has 3 aromatic rings. The molecule has 4 nitrogen and oxygen atoms in total. The molecular formula is C19H17ClN2O2S. The lowest BCUT2D eigenvalue weighted by Crippen LogP contribution is -2.30. The molecule has 1 amide bonds. The number of thiazole rings is 1. The predicted molar refractivity (Wildman–Crippen MR) is 102 cm³/mol. The fourth-order valence-electron chi connectivity index (χ4n) is 2.33. The van der Waals surface area contributed by atoms with Crippen molar-refractivity contribution in [3.63, 3.8) is 0 Å². The summed E-state index contributed by atoms with van der Waals surface area (Å²) in [6.07, 6.45) is -0.663. The molecule has 3 rings (SSSR count). The molecule has 6 heteroatoms. The maximum Gasteiger partial charge on any atom is 0.265 e. The van der Waals surface area contributed by atoms with Gasteiger partial charge < -0.3 is 10.1 Å². The van der Waals surface area contributed by atoms with Gasteiger partial charge in [0.05, 0.1) is 16.4 Å². The molecule has 1 N–H and O–H groups in total. The van der Waals surface area contributed by atoms with Crippen molar-refractivity contribution in [3.05, 3.63) is 63.9 Å². The van der Waals surface area contributed by atoms with E-state index in [0.29, 0.717) is 16.5 Å². The molecular weight excluding hydrogens is 356 g/mol. The zero-order chi connectivity index (χ0) is 17.8. The molecule has 0 aliphatic rings. The van der Waals surface area contributed by atoms with Crippen LogP contribution in [0.5, 0.6) is 5.75 Å². The molecule has 1 atom stereocenters. The summed E-state index contributed by atoms with van der Waals surface area (Å²) in [6, 6.07) is 14.6. The fourth-order valence-corrected chi connectivity index (χ4v) is 3.13. The number of nitrogens with zero attached hydrogens (tertiary/aromatic N) is 1. The van der Waals surface area contributed by atoms with E-state index >= 15 is 0 Å². The highest BCUT2D eigenvalue weighted by Gasteiger charge is 2.17. The third-order valence-corrected chi connectivity index (χ3v) is 4.57. The molecule has 0 spiro atoms. The number of rotatable bonds is 5. The van der Waals surface area contributed by atoms with E-state index in [9.17, 15) is 4.79 Å². The fraction of sp³-hybridized carbons (Fsp3) is 0.158. The maximum atomic E-state index is 12.5. The van der Waals surface area contributed by atoms with E-state index in [4.69, 9.17) is 16.3 Å². The van der Waals surface area contributed by atoms with Gasteiger partial charge in [-0.2, -0.15) is 0 Å². The van der Waals surface area contributed by atoms with Crippen molar-refractivity contribution in [1.82, 2.24) is 4.98 Å². The first-order valence-electron chi connectivity index (χ1n) is 7.77. The Morgan fingerprint density at radius 1 is 1.24 bits per heavy atom. The summed E-state index contributed by atoms with van der Waals surface area (Å²) < 4.78 is 5.67. The Kier molecular flexibility index (Phi) is 5.36. The molecule has 0 fully saturated rings. The second kappa shape index (κ2) is 7.68. The Hall–Kier alpha value is -2.37. The number of ether oxygens (including phenoxy) is 1. The third-order valence-electron chi connectivity index (χ3n) is 3.56. The van der Waals surface area contributed by atoms with Crippen LogP contribution in [0.1, 0.15) is 11.9 Å². The van der Waals surface area contributed by atoms with Gasteiger partial charge in [0.2, 0.25) is 0 Å². The number of hydrogen-bond donors (Lipinski definition) is 1. The van der Waals surface area contributed by atoms with Gasteiger partial charge >= 0.3 is 0 Å². The molecule has 1 unspecified atom stereocenters. The summed E-state index contributed by atoms with van der Waals surface area (Å²) >= 11 is 7.52. The van der Waals surface area contributed by atoms with Gasteiger partial charge in [-0.25, -0.2) is 4.98 Å². The molecule has 0 bridgehead atoms. The number of carbonyl (C=O) groups excluding carboxylic acids is 1. The van der Waals surface area contributed by atoms with Crippen LogP contribution in [0.4, 0.5) is 5.69 Å². The zero-order valence-electron chi connectivity index (χ0n) is 13.8. The molecule has 128 valence electrons. The van der Waals surface area contributed by atoms with Gasteiger partial charge in [-0.1, -0.05) is 35.9 Å². The normalized spacial score (nSPS) is 11.8. The minimum Gasteiger partial charge on any atom is -0.481 e. The van der Waals surface area contributed by atoms with E-state index in [1.807, 2.05) is 36.6 Å². The van der Waals surface area contributed by atoms with Crippen LogP contribution in [0.25, 0.3) is 11.3 Å². The van der Waals surface area contributed by atoms with Gasteiger partial charge in [-0.3, -0.25) is 4.79 Å². The quantitative estimate of drug-likeness (QED) is 0.671. The predicted octanol–water partition coefficient (Wildman–Crippen LogP) is 5.18. The number of anilines is 1. The van der Waals surface area contributed by atoms with Crippen LogP contribution in [-0.2, 0) is 4.79 Å². The van der Waals surface area contributed by atoms with Gasteiger partial charge in [0.15, 0.2) is 6.10 Å². The number of amides is 1. The Morgan fingerprint density at radius 3 is 2.76 bits per heavy atom. The highest BCUT2D eigenvalue weighted by Crippen LogP contribution is 2.29. The minimum absolute atomic E-state index is 0.237. The number of aromatic nitrogens is 1. The minimum atomic E-state index is -0.663. The van der Waals surface area contributed by atoms with Crippen molar-refractivity contribution >= 4 is 34.5 Å². The highest BCUT2D eigenvalue weighted by atomic mass is 35.5. The van der Waals surface area contributed by atoms with E-state index in [0.717, 1.165) is 16.3 Å². The highest BCUT2D eigenvalue weighted by molar-refractivity contribution is 7.09. The Bertz CT molecular complexity index is 894. The third kappa shape index (κ3) is 4.38. The standard InChI is InChI=1S/C19H17ClN2O2S/c1-12(24-15-7-5-6-14(20)10-15)19(23)22-17-9-4-3-8-16(17)18-11-25-13(2)21-18/h3-12H,1-2H3,(H,22,23). The monoisotopic (exact) mass is 372 g/mol. The van der Waals surface area contributed by atoms with E-state index in [1.165, 1.54) is 0 Å². The van der Waals surface area contributed by atoms with Crippen molar-refractivity contribution in [2.45, 2.75) is 20.0 Å². The molecule has 1 heterocycles. The number of halogens is 1. The van der Waals surface area contributed by atoms with Gasteiger partial charge in [0.1, 0.15) is 5.75 Å². The first-order chi connectivity index (χ1) is 12.0. The lowest BCUT2D eigenvalue weighted by Gasteiger charge is -2.16. The summed E-state index contributed by atoms with van der Waals surface area (Å²) in [4.78, 5) is 17.0.